The van der Waals surface area contributed by atoms with Gasteiger partial charge in [-0.15, -0.1) is 0 Å². The molecule has 0 spiro atoms. The fourth-order valence-corrected chi connectivity index (χ4v) is 2.02. The molecule has 0 radical (unpaired) electrons. The maximum Gasteiger partial charge on any atom is 0.146 e. The molecule has 1 atom stereocenters. The Morgan fingerprint density at radius 1 is 1.47 bits per heavy atom. The summed E-state index contributed by atoms with van der Waals surface area (Å²) in [6.07, 6.45) is 3.56. The van der Waals surface area contributed by atoms with Gasteiger partial charge in [-0.1, -0.05) is 23.7 Å². The smallest absolute Gasteiger partial charge is 0.146 e. The summed E-state index contributed by atoms with van der Waals surface area (Å²) in [5.41, 5.74) is 1.42. The molecule has 0 bridgehead atoms. The zero-order chi connectivity index (χ0) is 12.4. The van der Waals surface area contributed by atoms with Crippen molar-refractivity contribution in [1.29, 1.82) is 0 Å². The van der Waals surface area contributed by atoms with E-state index in [0.717, 1.165) is 5.56 Å². The van der Waals surface area contributed by atoms with Crippen molar-refractivity contribution in [3.63, 3.8) is 0 Å². The lowest BCUT2D eigenvalue weighted by molar-refractivity contribution is 0.576. The van der Waals surface area contributed by atoms with Crippen LogP contribution in [-0.2, 0) is 7.05 Å². The van der Waals surface area contributed by atoms with Gasteiger partial charge in [-0.3, -0.25) is 4.68 Å². The molecule has 1 N–H and O–H groups in total. The number of hydrogen-bond acceptors (Lipinski definition) is 2. The maximum atomic E-state index is 13.9. The molecule has 0 saturated heterocycles. The first-order valence-electron chi connectivity index (χ1n) is 5.23. The first kappa shape index (κ1) is 12.1. The number of hydrogen-bond donors (Lipinski definition) is 1. The summed E-state index contributed by atoms with van der Waals surface area (Å²) in [6.45, 7) is 0. The minimum Gasteiger partial charge on any atom is -0.309 e. The highest BCUT2D eigenvalue weighted by molar-refractivity contribution is 6.30. The van der Waals surface area contributed by atoms with Gasteiger partial charge in [0.2, 0.25) is 0 Å². The summed E-state index contributed by atoms with van der Waals surface area (Å²) < 4.78 is 15.6. The predicted octanol–water partition coefficient (Wildman–Crippen LogP) is 2.52. The highest BCUT2D eigenvalue weighted by Crippen LogP contribution is 2.27. The van der Waals surface area contributed by atoms with Crippen molar-refractivity contribution in [2.45, 2.75) is 6.04 Å². The Kier molecular flexibility index (Phi) is 3.45. The highest BCUT2D eigenvalue weighted by Gasteiger charge is 2.18. The molecule has 0 saturated carbocycles. The number of nitrogens with zero attached hydrogens (tertiary/aromatic N) is 2. The molecule has 0 aliphatic rings. The predicted molar refractivity (Wildman–Crippen MR) is 65.5 cm³/mol. The van der Waals surface area contributed by atoms with E-state index in [2.05, 4.69) is 10.4 Å². The molecular formula is C12H13ClFN3. The van der Waals surface area contributed by atoms with Crippen LogP contribution in [0.2, 0.25) is 5.02 Å². The molecule has 5 heteroatoms. The average Bonchev–Trinajstić information content (AvgIpc) is 2.72. The molecule has 3 nitrogen and oxygen atoms in total. The molecular weight excluding hydrogens is 241 g/mol. The highest BCUT2D eigenvalue weighted by atomic mass is 35.5. The van der Waals surface area contributed by atoms with Crippen molar-refractivity contribution in [1.82, 2.24) is 15.1 Å². The summed E-state index contributed by atoms with van der Waals surface area (Å²) in [7, 11) is 3.60. The van der Waals surface area contributed by atoms with E-state index in [4.69, 9.17) is 11.6 Å². The number of benzene rings is 1. The third kappa shape index (κ3) is 2.33. The molecule has 1 unspecified atom stereocenters. The summed E-state index contributed by atoms with van der Waals surface area (Å²) >= 11 is 5.78. The molecule has 90 valence electrons. The minimum absolute atomic E-state index is 0.131. The first-order valence-corrected chi connectivity index (χ1v) is 5.61. The van der Waals surface area contributed by atoms with Gasteiger partial charge >= 0.3 is 0 Å². The molecule has 1 heterocycles. The molecule has 0 fully saturated rings. The number of aromatic nitrogens is 2. The second-order valence-corrected chi connectivity index (χ2v) is 4.22. The van der Waals surface area contributed by atoms with E-state index in [9.17, 15) is 4.39 Å². The Bertz CT molecular complexity index is 524. The second kappa shape index (κ2) is 4.85. The van der Waals surface area contributed by atoms with Gasteiger partial charge in [0.15, 0.2) is 0 Å². The Morgan fingerprint density at radius 2 is 2.24 bits per heavy atom. The van der Waals surface area contributed by atoms with E-state index in [-0.39, 0.29) is 11.1 Å². The van der Waals surface area contributed by atoms with Crippen molar-refractivity contribution in [3.05, 3.63) is 52.6 Å². The van der Waals surface area contributed by atoms with Crippen molar-refractivity contribution in [3.8, 4) is 0 Å². The topological polar surface area (TPSA) is 29.9 Å². The zero-order valence-electron chi connectivity index (χ0n) is 9.61. The first-order chi connectivity index (χ1) is 8.13. The van der Waals surface area contributed by atoms with Crippen LogP contribution in [0, 0.1) is 5.82 Å². The SMILES string of the molecule is CNC(c1cnn(C)c1)c1cccc(Cl)c1F. The number of halogens is 2. The van der Waals surface area contributed by atoms with E-state index in [1.54, 1.807) is 30.1 Å². The fraction of sp³-hybridized carbons (Fsp3) is 0.250. The van der Waals surface area contributed by atoms with E-state index in [0.29, 0.717) is 5.56 Å². The van der Waals surface area contributed by atoms with Crippen LogP contribution < -0.4 is 5.32 Å². The van der Waals surface area contributed by atoms with Crippen molar-refractivity contribution in [2.75, 3.05) is 7.05 Å². The zero-order valence-corrected chi connectivity index (χ0v) is 10.4. The third-order valence-electron chi connectivity index (χ3n) is 2.64. The lowest BCUT2D eigenvalue weighted by atomic mass is 10.0. The van der Waals surface area contributed by atoms with Crippen LogP contribution in [0.3, 0.4) is 0 Å². The minimum atomic E-state index is -0.391. The van der Waals surface area contributed by atoms with E-state index in [1.165, 1.54) is 6.07 Å². The Balaban J connectivity index is 2.45. The van der Waals surface area contributed by atoms with Crippen LogP contribution in [0.15, 0.2) is 30.6 Å². The summed E-state index contributed by atoms with van der Waals surface area (Å²) in [5.74, 6) is -0.391. The molecule has 0 amide bonds. The summed E-state index contributed by atoms with van der Waals surface area (Å²) in [4.78, 5) is 0. The maximum absolute atomic E-state index is 13.9. The fourth-order valence-electron chi connectivity index (χ4n) is 1.83. The quantitative estimate of drug-likeness (QED) is 0.911. The monoisotopic (exact) mass is 253 g/mol. The van der Waals surface area contributed by atoms with Crippen molar-refractivity contribution < 1.29 is 4.39 Å². The standard InChI is InChI=1S/C12H13ClFN3/c1-15-12(8-6-16-17(2)7-8)9-4-3-5-10(13)11(9)14/h3-7,12,15H,1-2H3. The lowest BCUT2D eigenvalue weighted by Crippen LogP contribution is -2.18. The summed E-state index contributed by atoms with van der Waals surface area (Å²) in [5, 5.41) is 7.28. The second-order valence-electron chi connectivity index (χ2n) is 3.81. The van der Waals surface area contributed by atoms with Gasteiger partial charge in [-0.25, -0.2) is 4.39 Å². The molecule has 1 aromatic carbocycles. The third-order valence-corrected chi connectivity index (χ3v) is 2.93. The van der Waals surface area contributed by atoms with Crippen molar-refractivity contribution >= 4 is 11.6 Å². The lowest BCUT2D eigenvalue weighted by Gasteiger charge is -2.16. The van der Waals surface area contributed by atoms with Gasteiger partial charge in [0.25, 0.3) is 0 Å². The molecule has 17 heavy (non-hydrogen) atoms. The molecule has 0 aliphatic carbocycles. The number of nitrogens with one attached hydrogen (secondary N) is 1. The largest absolute Gasteiger partial charge is 0.309 e. The Labute approximate surface area is 104 Å². The van der Waals surface area contributed by atoms with Crippen LogP contribution >= 0.6 is 11.6 Å². The molecule has 1 aromatic heterocycles. The molecule has 2 rings (SSSR count). The van der Waals surface area contributed by atoms with Gasteiger partial charge in [0.05, 0.1) is 17.3 Å². The van der Waals surface area contributed by atoms with Crippen LogP contribution in [0.1, 0.15) is 17.2 Å². The number of aryl methyl sites for hydroxylation is 1. The normalized spacial score (nSPS) is 12.7. The average molecular weight is 254 g/mol. The van der Waals surface area contributed by atoms with Gasteiger partial charge in [-0.2, -0.15) is 5.10 Å². The van der Waals surface area contributed by atoms with Gasteiger partial charge < -0.3 is 5.32 Å². The van der Waals surface area contributed by atoms with Gasteiger partial charge in [-0.05, 0) is 13.1 Å². The van der Waals surface area contributed by atoms with Crippen LogP contribution in [0.4, 0.5) is 4.39 Å². The Hall–Kier alpha value is -1.39. The summed E-state index contributed by atoms with van der Waals surface area (Å²) in [6, 6.07) is 4.75. The van der Waals surface area contributed by atoms with Crippen LogP contribution in [0.5, 0.6) is 0 Å². The van der Waals surface area contributed by atoms with Gasteiger partial charge in [0, 0.05) is 24.4 Å². The molecule has 2 aromatic rings. The van der Waals surface area contributed by atoms with Crippen molar-refractivity contribution in [2.24, 2.45) is 7.05 Å². The van der Waals surface area contributed by atoms with Gasteiger partial charge in [0.1, 0.15) is 5.82 Å². The van der Waals surface area contributed by atoms with E-state index < -0.39 is 5.82 Å². The Morgan fingerprint density at radius 3 is 2.82 bits per heavy atom. The van der Waals surface area contributed by atoms with Crippen LogP contribution in [0.25, 0.3) is 0 Å². The number of rotatable bonds is 3. The van der Waals surface area contributed by atoms with Crippen LogP contribution in [-0.4, -0.2) is 16.8 Å². The van der Waals surface area contributed by atoms with E-state index in [1.807, 2.05) is 13.2 Å². The van der Waals surface area contributed by atoms with E-state index >= 15 is 0 Å². The molecule has 0 aliphatic heterocycles.